The SMILES string of the molecule is Cc1csc(C(=O)NC(CCC(=O)O)Cc2ccccc2)c1Cl. The van der Waals surface area contributed by atoms with Gasteiger partial charge in [0.2, 0.25) is 0 Å². The van der Waals surface area contributed by atoms with Crippen LogP contribution in [-0.4, -0.2) is 23.0 Å². The Balaban J connectivity index is 2.08. The number of hydrogen-bond donors (Lipinski definition) is 2. The molecule has 1 atom stereocenters. The highest BCUT2D eigenvalue weighted by Crippen LogP contribution is 2.27. The third-order valence-corrected chi connectivity index (χ3v) is 5.17. The van der Waals surface area contributed by atoms with E-state index < -0.39 is 5.97 Å². The van der Waals surface area contributed by atoms with Crippen molar-refractivity contribution in [2.24, 2.45) is 0 Å². The Morgan fingerprint density at radius 3 is 2.57 bits per heavy atom. The number of carboxylic acids is 1. The average Bonchev–Trinajstić information content (AvgIpc) is 2.85. The maximum atomic E-state index is 12.4. The van der Waals surface area contributed by atoms with E-state index in [9.17, 15) is 9.59 Å². The quantitative estimate of drug-likeness (QED) is 0.794. The van der Waals surface area contributed by atoms with Crippen LogP contribution in [0.5, 0.6) is 0 Å². The van der Waals surface area contributed by atoms with Gasteiger partial charge in [0.25, 0.3) is 5.91 Å². The van der Waals surface area contributed by atoms with Gasteiger partial charge in [-0.15, -0.1) is 11.3 Å². The molecule has 122 valence electrons. The smallest absolute Gasteiger partial charge is 0.303 e. The zero-order valence-corrected chi connectivity index (χ0v) is 14.3. The first-order valence-electron chi connectivity index (χ1n) is 7.27. The van der Waals surface area contributed by atoms with Crippen LogP contribution in [0, 0.1) is 6.92 Å². The molecular formula is C17H18ClNO3S. The van der Waals surface area contributed by atoms with Crippen LogP contribution in [0.25, 0.3) is 0 Å². The summed E-state index contributed by atoms with van der Waals surface area (Å²) in [5.41, 5.74) is 1.92. The molecule has 2 aromatic rings. The second-order valence-corrected chi connectivity index (χ2v) is 6.61. The van der Waals surface area contributed by atoms with Crippen molar-refractivity contribution in [3.8, 4) is 0 Å². The normalized spacial score (nSPS) is 11.9. The zero-order valence-electron chi connectivity index (χ0n) is 12.7. The lowest BCUT2D eigenvalue weighted by atomic mass is 10.0. The van der Waals surface area contributed by atoms with Gasteiger partial charge in [0.15, 0.2) is 0 Å². The minimum absolute atomic E-state index is 0.00891. The molecule has 2 rings (SSSR count). The Labute approximate surface area is 144 Å². The maximum Gasteiger partial charge on any atom is 0.303 e. The molecule has 0 aliphatic heterocycles. The summed E-state index contributed by atoms with van der Waals surface area (Å²) in [6.45, 7) is 1.85. The minimum atomic E-state index is -0.873. The van der Waals surface area contributed by atoms with Crippen LogP contribution in [0.15, 0.2) is 35.7 Å². The summed E-state index contributed by atoms with van der Waals surface area (Å²) in [7, 11) is 0. The van der Waals surface area contributed by atoms with Crippen LogP contribution < -0.4 is 5.32 Å². The van der Waals surface area contributed by atoms with Crippen LogP contribution in [-0.2, 0) is 11.2 Å². The second kappa shape index (κ2) is 8.13. The van der Waals surface area contributed by atoms with E-state index in [0.717, 1.165) is 11.1 Å². The Morgan fingerprint density at radius 2 is 2.00 bits per heavy atom. The number of aryl methyl sites for hydroxylation is 1. The first-order valence-corrected chi connectivity index (χ1v) is 8.53. The van der Waals surface area contributed by atoms with E-state index in [0.29, 0.717) is 22.7 Å². The number of aliphatic carboxylic acids is 1. The molecule has 0 spiro atoms. The summed E-state index contributed by atoms with van der Waals surface area (Å²) in [6.07, 6.45) is 0.967. The molecule has 1 amide bonds. The van der Waals surface area contributed by atoms with Gasteiger partial charge in [-0.05, 0) is 36.3 Å². The molecule has 23 heavy (non-hydrogen) atoms. The predicted molar refractivity (Wildman–Crippen MR) is 92.3 cm³/mol. The number of carbonyl (C=O) groups excluding carboxylic acids is 1. The number of rotatable bonds is 7. The molecule has 1 aromatic carbocycles. The van der Waals surface area contributed by atoms with Gasteiger partial charge >= 0.3 is 5.97 Å². The summed E-state index contributed by atoms with van der Waals surface area (Å²) >= 11 is 7.43. The molecule has 1 heterocycles. The van der Waals surface area contributed by atoms with Gasteiger partial charge in [-0.2, -0.15) is 0 Å². The van der Waals surface area contributed by atoms with E-state index in [1.165, 1.54) is 11.3 Å². The van der Waals surface area contributed by atoms with Gasteiger partial charge in [-0.25, -0.2) is 0 Å². The number of halogens is 1. The van der Waals surface area contributed by atoms with Crippen molar-refractivity contribution in [1.82, 2.24) is 5.32 Å². The largest absolute Gasteiger partial charge is 0.481 e. The van der Waals surface area contributed by atoms with Gasteiger partial charge in [0, 0.05) is 12.5 Å². The van der Waals surface area contributed by atoms with E-state index >= 15 is 0 Å². The van der Waals surface area contributed by atoms with Crippen LogP contribution >= 0.6 is 22.9 Å². The number of thiophene rings is 1. The highest BCUT2D eigenvalue weighted by Gasteiger charge is 2.19. The second-order valence-electron chi connectivity index (χ2n) is 5.35. The fraction of sp³-hybridized carbons (Fsp3) is 0.294. The molecule has 0 saturated heterocycles. The van der Waals surface area contributed by atoms with E-state index in [-0.39, 0.29) is 18.4 Å². The van der Waals surface area contributed by atoms with Crippen molar-refractivity contribution in [3.05, 3.63) is 56.7 Å². The number of benzene rings is 1. The van der Waals surface area contributed by atoms with E-state index in [1.807, 2.05) is 42.6 Å². The van der Waals surface area contributed by atoms with Crippen molar-refractivity contribution in [2.45, 2.75) is 32.2 Å². The summed E-state index contributed by atoms with van der Waals surface area (Å²) < 4.78 is 0. The van der Waals surface area contributed by atoms with E-state index in [1.54, 1.807) is 0 Å². The van der Waals surface area contributed by atoms with E-state index in [2.05, 4.69) is 5.32 Å². The van der Waals surface area contributed by atoms with Crippen LogP contribution in [0.2, 0.25) is 5.02 Å². The van der Waals surface area contributed by atoms with Gasteiger partial charge < -0.3 is 10.4 Å². The molecule has 1 unspecified atom stereocenters. The Kier molecular flexibility index (Phi) is 6.19. The standard InChI is InChI=1S/C17H18ClNO3S/c1-11-10-23-16(15(11)18)17(22)19-13(7-8-14(20)21)9-12-5-3-2-4-6-12/h2-6,10,13H,7-9H2,1H3,(H,19,22)(H,20,21). The molecular weight excluding hydrogens is 334 g/mol. The minimum Gasteiger partial charge on any atom is -0.481 e. The highest BCUT2D eigenvalue weighted by molar-refractivity contribution is 7.13. The molecule has 0 radical (unpaired) electrons. The average molecular weight is 352 g/mol. The Bertz CT molecular complexity index is 684. The van der Waals surface area contributed by atoms with Crippen molar-refractivity contribution in [2.75, 3.05) is 0 Å². The van der Waals surface area contributed by atoms with Gasteiger partial charge in [-0.1, -0.05) is 41.9 Å². The van der Waals surface area contributed by atoms with Crippen molar-refractivity contribution in [3.63, 3.8) is 0 Å². The molecule has 2 N–H and O–H groups in total. The lowest BCUT2D eigenvalue weighted by Gasteiger charge is -2.18. The number of hydrogen-bond acceptors (Lipinski definition) is 3. The molecule has 0 aliphatic rings. The van der Waals surface area contributed by atoms with Crippen molar-refractivity contribution < 1.29 is 14.7 Å². The molecule has 6 heteroatoms. The number of carbonyl (C=O) groups is 2. The molecule has 0 bridgehead atoms. The first kappa shape index (κ1) is 17.5. The number of amides is 1. The van der Waals surface area contributed by atoms with E-state index in [4.69, 9.17) is 16.7 Å². The van der Waals surface area contributed by atoms with Gasteiger partial charge in [-0.3, -0.25) is 9.59 Å². The summed E-state index contributed by atoms with van der Waals surface area (Å²) in [6, 6.07) is 9.43. The molecule has 0 saturated carbocycles. The monoisotopic (exact) mass is 351 g/mol. The zero-order chi connectivity index (χ0) is 16.8. The molecule has 0 aliphatic carbocycles. The Hall–Kier alpha value is -1.85. The lowest BCUT2D eigenvalue weighted by Crippen LogP contribution is -2.36. The molecule has 4 nitrogen and oxygen atoms in total. The summed E-state index contributed by atoms with van der Waals surface area (Å²) in [5.74, 6) is -1.12. The van der Waals surface area contributed by atoms with Gasteiger partial charge in [0.1, 0.15) is 4.88 Å². The Morgan fingerprint density at radius 1 is 1.30 bits per heavy atom. The highest BCUT2D eigenvalue weighted by atomic mass is 35.5. The molecule has 0 fully saturated rings. The predicted octanol–water partition coefficient (Wildman–Crippen LogP) is 3.92. The molecule has 1 aromatic heterocycles. The summed E-state index contributed by atoms with van der Waals surface area (Å²) in [5, 5.41) is 14.1. The van der Waals surface area contributed by atoms with Gasteiger partial charge in [0.05, 0.1) is 5.02 Å². The fourth-order valence-corrected chi connectivity index (χ4v) is 3.44. The topological polar surface area (TPSA) is 66.4 Å². The third-order valence-electron chi connectivity index (χ3n) is 3.47. The number of nitrogens with one attached hydrogen (secondary N) is 1. The first-order chi connectivity index (χ1) is 11.0. The van der Waals surface area contributed by atoms with Crippen molar-refractivity contribution in [1.29, 1.82) is 0 Å². The third kappa shape index (κ3) is 5.08. The fourth-order valence-electron chi connectivity index (χ4n) is 2.26. The van der Waals surface area contributed by atoms with Crippen LogP contribution in [0.4, 0.5) is 0 Å². The maximum absolute atomic E-state index is 12.4. The number of carboxylic acid groups (broad SMARTS) is 1. The van der Waals surface area contributed by atoms with Crippen LogP contribution in [0.3, 0.4) is 0 Å². The van der Waals surface area contributed by atoms with Crippen molar-refractivity contribution >= 4 is 34.8 Å². The summed E-state index contributed by atoms with van der Waals surface area (Å²) in [4.78, 5) is 23.7. The lowest BCUT2D eigenvalue weighted by molar-refractivity contribution is -0.137. The van der Waals surface area contributed by atoms with Crippen LogP contribution in [0.1, 0.15) is 33.6 Å².